The Labute approximate surface area is 176 Å². The molecular formula is C24H39N3O2. The summed E-state index contributed by atoms with van der Waals surface area (Å²) in [5, 5.41) is 3.24. The van der Waals surface area contributed by atoms with Crippen molar-refractivity contribution in [3.8, 4) is 5.75 Å². The average Bonchev–Trinajstić information content (AvgIpc) is 2.75. The van der Waals surface area contributed by atoms with Crippen LogP contribution in [-0.2, 0) is 4.79 Å². The smallest absolute Gasteiger partial charge is 0.260 e. The Kier molecular flexibility index (Phi) is 7.58. The minimum atomic E-state index is -0.491. The highest BCUT2D eigenvalue weighted by molar-refractivity contribution is 5.80. The number of likely N-dealkylation sites (N-methyl/N-ethyl adjacent to an activating group) is 1. The number of rotatable bonds is 7. The number of carbonyl (C=O) groups is 1. The number of nitrogens with one attached hydrogen (secondary N) is 1. The molecule has 1 saturated heterocycles. The Bertz CT molecular complexity index is 677. The van der Waals surface area contributed by atoms with E-state index in [-0.39, 0.29) is 11.4 Å². The second-order valence-electron chi connectivity index (χ2n) is 8.93. The fourth-order valence-corrected chi connectivity index (χ4v) is 4.79. The molecule has 1 aliphatic carbocycles. The van der Waals surface area contributed by atoms with E-state index < -0.39 is 6.10 Å². The van der Waals surface area contributed by atoms with Crippen molar-refractivity contribution in [2.75, 3.05) is 39.3 Å². The van der Waals surface area contributed by atoms with Crippen LogP contribution in [0.5, 0.6) is 5.75 Å². The van der Waals surface area contributed by atoms with Crippen LogP contribution in [0.4, 0.5) is 0 Å². The van der Waals surface area contributed by atoms with Crippen LogP contribution in [0.15, 0.2) is 18.2 Å². The average molecular weight is 402 g/mol. The number of nitrogens with zero attached hydrogens (tertiary/aromatic N) is 2. The molecule has 1 atom stereocenters. The van der Waals surface area contributed by atoms with Crippen LogP contribution in [-0.4, -0.2) is 66.6 Å². The highest BCUT2D eigenvalue weighted by atomic mass is 16.5. The van der Waals surface area contributed by atoms with Gasteiger partial charge in [-0.1, -0.05) is 32.3 Å². The Balaban J connectivity index is 1.58. The third kappa shape index (κ3) is 5.52. The molecule has 1 heterocycles. The molecule has 2 fully saturated rings. The first-order valence-corrected chi connectivity index (χ1v) is 11.4. The summed E-state index contributed by atoms with van der Waals surface area (Å²) in [5.41, 5.74) is 2.54. The van der Waals surface area contributed by atoms with Crippen LogP contribution < -0.4 is 10.1 Å². The Morgan fingerprint density at radius 1 is 1.10 bits per heavy atom. The first-order chi connectivity index (χ1) is 13.9. The van der Waals surface area contributed by atoms with Gasteiger partial charge in [0.2, 0.25) is 0 Å². The largest absolute Gasteiger partial charge is 0.481 e. The highest BCUT2D eigenvalue weighted by Gasteiger charge is 2.39. The monoisotopic (exact) mass is 401 g/mol. The second-order valence-corrected chi connectivity index (χ2v) is 8.93. The van der Waals surface area contributed by atoms with Crippen molar-refractivity contribution in [1.29, 1.82) is 0 Å². The molecular weight excluding hydrogens is 362 g/mol. The van der Waals surface area contributed by atoms with E-state index in [1.54, 1.807) is 0 Å². The summed E-state index contributed by atoms with van der Waals surface area (Å²) in [5.74, 6) is 0.749. The third-order valence-electron chi connectivity index (χ3n) is 7.03. The standard InChI is InChI=1S/C24H39N3O2/c1-5-26-13-15-27(16-14-26)24(11-7-6-8-12-24)18-25-23(28)21(4)29-22-10-9-19(2)20(3)17-22/h9-10,17,21H,5-8,11-16,18H2,1-4H3,(H,25,28). The molecule has 3 rings (SSSR count). The topological polar surface area (TPSA) is 44.8 Å². The van der Waals surface area contributed by atoms with Gasteiger partial charge in [-0.3, -0.25) is 9.69 Å². The van der Waals surface area contributed by atoms with Gasteiger partial charge in [-0.15, -0.1) is 0 Å². The van der Waals surface area contributed by atoms with Gasteiger partial charge in [0.15, 0.2) is 6.10 Å². The highest BCUT2D eigenvalue weighted by Crippen LogP contribution is 2.34. The van der Waals surface area contributed by atoms with Gasteiger partial charge in [0.25, 0.3) is 5.91 Å². The van der Waals surface area contributed by atoms with Crippen LogP contribution in [0.25, 0.3) is 0 Å². The van der Waals surface area contributed by atoms with Gasteiger partial charge in [-0.05, 0) is 63.4 Å². The molecule has 1 saturated carbocycles. The summed E-state index contributed by atoms with van der Waals surface area (Å²) in [4.78, 5) is 18.0. The molecule has 1 N–H and O–H groups in total. The van der Waals surface area contributed by atoms with Gasteiger partial charge in [-0.2, -0.15) is 0 Å². The first kappa shape index (κ1) is 22.1. The molecule has 1 aromatic carbocycles. The van der Waals surface area contributed by atoms with Crippen molar-refractivity contribution < 1.29 is 9.53 Å². The molecule has 5 nitrogen and oxygen atoms in total. The van der Waals surface area contributed by atoms with Gasteiger partial charge >= 0.3 is 0 Å². The number of carbonyl (C=O) groups excluding carboxylic acids is 1. The third-order valence-corrected chi connectivity index (χ3v) is 7.03. The van der Waals surface area contributed by atoms with Gasteiger partial charge in [0, 0.05) is 38.3 Å². The van der Waals surface area contributed by atoms with Crippen molar-refractivity contribution >= 4 is 5.91 Å². The van der Waals surface area contributed by atoms with Crippen molar-refractivity contribution in [2.45, 2.75) is 71.4 Å². The van der Waals surface area contributed by atoms with Crippen LogP contribution in [0.1, 0.15) is 57.1 Å². The van der Waals surface area contributed by atoms with Crippen molar-refractivity contribution in [2.24, 2.45) is 0 Å². The van der Waals surface area contributed by atoms with E-state index in [0.717, 1.165) is 45.0 Å². The molecule has 1 aliphatic heterocycles. The summed E-state index contributed by atoms with van der Waals surface area (Å²) in [7, 11) is 0. The zero-order valence-electron chi connectivity index (χ0n) is 18.8. The molecule has 29 heavy (non-hydrogen) atoms. The molecule has 0 radical (unpaired) electrons. The molecule has 1 amide bonds. The summed E-state index contributed by atoms with van der Waals surface area (Å²) >= 11 is 0. The summed E-state index contributed by atoms with van der Waals surface area (Å²) in [6.45, 7) is 14.6. The zero-order chi connectivity index (χ0) is 20.9. The van der Waals surface area contributed by atoms with Crippen molar-refractivity contribution in [3.05, 3.63) is 29.3 Å². The molecule has 5 heteroatoms. The molecule has 1 unspecified atom stereocenters. The van der Waals surface area contributed by atoms with E-state index in [9.17, 15) is 4.79 Å². The number of benzene rings is 1. The fourth-order valence-electron chi connectivity index (χ4n) is 4.79. The lowest BCUT2D eigenvalue weighted by Gasteiger charge is -2.50. The quantitative estimate of drug-likeness (QED) is 0.759. The number of ether oxygens (including phenoxy) is 1. The SMILES string of the molecule is CCN1CCN(C2(CNC(=O)C(C)Oc3ccc(C)c(C)c3)CCCCC2)CC1. The molecule has 1 aromatic rings. The zero-order valence-corrected chi connectivity index (χ0v) is 18.8. The van der Waals surface area contributed by atoms with Crippen LogP contribution in [0.3, 0.4) is 0 Å². The predicted octanol–water partition coefficient (Wildman–Crippen LogP) is 3.53. The maximum absolute atomic E-state index is 12.8. The van der Waals surface area contributed by atoms with Gasteiger partial charge in [0.05, 0.1) is 0 Å². The summed E-state index contributed by atoms with van der Waals surface area (Å²) in [6.07, 6.45) is 5.72. The van der Waals surface area contributed by atoms with Gasteiger partial charge < -0.3 is 15.0 Å². The summed E-state index contributed by atoms with van der Waals surface area (Å²) in [6, 6.07) is 6.00. The lowest BCUT2D eigenvalue weighted by Crippen LogP contribution is -2.62. The number of amides is 1. The Morgan fingerprint density at radius 2 is 1.79 bits per heavy atom. The lowest BCUT2D eigenvalue weighted by atomic mass is 9.79. The van der Waals surface area contributed by atoms with Crippen molar-refractivity contribution in [1.82, 2.24) is 15.1 Å². The van der Waals surface area contributed by atoms with Gasteiger partial charge in [-0.25, -0.2) is 0 Å². The molecule has 0 spiro atoms. The number of hydrogen-bond donors (Lipinski definition) is 1. The van der Waals surface area contributed by atoms with E-state index in [0.29, 0.717) is 0 Å². The van der Waals surface area contributed by atoms with E-state index in [2.05, 4.69) is 35.9 Å². The van der Waals surface area contributed by atoms with E-state index in [4.69, 9.17) is 4.74 Å². The molecule has 162 valence electrons. The number of aryl methyl sites for hydroxylation is 2. The number of piperazine rings is 1. The van der Waals surface area contributed by atoms with Gasteiger partial charge in [0.1, 0.15) is 5.75 Å². The molecule has 2 aliphatic rings. The normalized spacial score (nSPS) is 21.5. The maximum Gasteiger partial charge on any atom is 0.260 e. The lowest BCUT2D eigenvalue weighted by molar-refractivity contribution is -0.128. The fraction of sp³-hybridized carbons (Fsp3) is 0.708. The Morgan fingerprint density at radius 3 is 2.41 bits per heavy atom. The van der Waals surface area contributed by atoms with E-state index >= 15 is 0 Å². The van der Waals surface area contributed by atoms with E-state index in [1.807, 2.05) is 25.1 Å². The van der Waals surface area contributed by atoms with Crippen LogP contribution in [0.2, 0.25) is 0 Å². The summed E-state index contributed by atoms with van der Waals surface area (Å²) < 4.78 is 5.93. The second kappa shape index (κ2) is 9.94. The Hall–Kier alpha value is -1.59. The van der Waals surface area contributed by atoms with Crippen LogP contribution in [0, 0.1) is 13.8 Å². The molecule has 0 aromatic heterocycles. The molecule has 0 bridgehead atoms. The van der Waals surface area contributed by atoms with Crippen LogP contribution >= 0.6 is 0 Å². The minimum Gasteiger partial charge on any atom is -0.481 e. The predicted molar refractivity (Wildman–Crippen MR) is 119 cm³/mol. The first-order valence-electron chi connectivity index (χ1n) is 11.4. The minimum absolute atomic E-state index is 0.0135. The number of hydrogen-bond acceptors (Lipinski definition) is 4. The van der Waals surface area contributed by atoms with E-state index in [1.165, 1.54) is 43.2 Å². The van der Waals surface area contributed by atoms with Crippen molar-refractivity contribution in [3.63, 3.8) is 0 Å². The maximum atomic E-state index is 12.8.